The van der Waals surface area contributed by atoms with Gasteiger partial charge in [-0.2, -0.15) is 0 Å². The van der Waals surface area contributed by atoms with Crippen LogP contribution in [-0.2, 0) is 7.05 Å². The minimum atomic E-state index is -0.368. The minimum absolute atomic E-state index is 0.0796. The average molecular weight is 371 g/mol. The van der Waals surface area contributed by atoms with Crippen molar-refractivity contribution in [2.75, 3.05) is 7.11 Å². The monoisotopic (exact) mass is 371 g/mol. The van der Waals surface area contributed by atoms with Crippen molar-refractivity contribution in [1.82, 2.24) is 14.8 Å². The molecule has 3 rings (SSSR count). The van der Waals surface area contributed by atoms with Crippen molar-refractivity contribution < 1.29 is 13.9 Å². The van der Waals surface area contributed by atoms with Crippen LogP contribution in [0.5, 0.6) is 5.75 Å². The summed E-state index contributed by atoms with van der Waals surface area (Å²) in [7, 11) is 3.47. The van der Waals surface area contributed by atoms with Crippen LogP contribution in [0.25, 0.3) is 11.4 Å². The molecule has 5 nitrogen and oxygen atoms in total. The lowest BCUT2D eigenvalue weighted by atomic mass is 10.1. The molecule has 0 N–H and O–H groups in total. The Balaban J connectivity index is 1.76. The zero-order valence-electron chi connectivity index (χ0n) is 14.6. The Kier molecular flexibility index (Phi) is 5.37. The fourth-order valence-electron chi connectivity index (χ4n) is 2.47. The second-order valence-electron chi connectivity index (χ2n) is 5.72. The van der Waals surface area contributed by atoms with E-state index in [4.69, 9.17) is 4.74 Å². The summed E-state index contributed by atoms with van der Waals surface area (Å²) in [4.78, 5) is 12.5. The highest BCUT2D eigenvalue weighted by molar-refractivity contribution is 8.00. The molecule has 0 saturated carbocycles. The molecule has 0 spiro atoms. The maximum absolute atomic E-state index is 13.0. The fourth-order valence-corrected chi connectivity index (χ4v) is 3.36. The number of aromatic nitrogens is 3. The first kappa shape index (κ1) is 18.1. The number of methoxy groups -OCH3 is 1. The van der Waals surface area contributed by atoms with Crippen molar-refractivity contribution in [2.24, 2.45) is 7.05 Å². The van der Waals surface area contributed by atoms with Crippen molar-refractivity contribution in [1.29, 1.82) is 0 Å². The number of benzene rings is 2. The standard InChI is InChI=1S/C19H18FN3O2S/c1-12(17(24)13-4-8-15(20)9-5-13)26-19-22-21-18(23(19)2)14-6-10-16(25-3)11-7-14/h4-12H,1-3H3/t12-/m0/s1. The first-order valence-corrected chi connectivity index (χ1v) is 8.88. The van der Waals surface area contributed by atoms with Gasteiger partial charge in [-0.3, -0.25) is 4.79 Å². The van der Waals surface area contributed by atoms with Crippen molar-refractivity contribution in [2.45, 2.75) is 17.3 Å². The number of nitrogens with zero attached hydrogens (tertiary/aromatic N) is 3. The third-order valence-corrected chi connectivity index (χ3v) is 5.10. The Morgan fingerprint density at radius 3 is 2.38 bits per heavy atom. The molecule has 0 aliphatic heterocycles. The van der Waals surface area contributed by atoms with E-state index < -0.39 is 0 Å². The fraction of sp³-hybridized carbons (Fsp3) is 0.211. The number of halogens is 1. The first-order valence-electron chi connectivity index (χ1n) is 8.00. The van der Waals surface area contributed by atoms with Gasteiger partial charge in [-0.25, -0.2) is 4.39 Å². The summed E-state index contributed by atoms with van der Waals surface area (Å²) in [5.41, 5.74) is 1.38. The minimum Gasteiger partial charge on any atom is -0.497 e. The maximum atomic E-state index is 13.0. The summed E-state index contributed by atoms with van der Waals surface area (Å²) < 4.78 is 20.0. The summed E-state index contributed by atoms with van der Waals surface area (Å²) >= 11 is 1.32. The quantitative estimate of drug-likeness (QED) is 0.484. The van der Waals surface area contributed by atoms with E-state index in [0.29, 0.717) is 16.5 Å². The van der Waals surface area contributed by atoms with E-state index in [-0.39, 0.29) is 16.9 Å². The van der Waals surface area contributed by atoms with Gasteiger partial charge in [0.1, 0.15) is 11.6 Å². The Morgan fingerprint density at radius 1 is 1.12 bits per heavy atom. The molecule has 0 amide bonds. The lowest BCUT2D eigenvalue weighted by Gasteiger charge is -2.10. The van der Waals surface area contributed by atoms with Gasteiger partial charge in [0.05, 0.1) is 12.4 Å². The number of ketones is 1. The molecular weight excluding hydrogens is 353 g/mol. The Bertz CT molecular complexity index is 908. The van der Waals surface area contributed by atoms with Crippen LogP contribution >= 0.6 is 11.8 Å². The second kappa shape index (κ2) is 7.70. The van der Waals surface area contributed by atoms with Crippen LogP contribution in [0.1, 0.15) is 17.3 Å². The molecule has 134 valence electrons. The van der Waals surface area contributed by atoms with E-state index in [1.807, 2.05) is 35.9 Å². The molecule has 2 aromatic carbocycles. The molecule has 1 heterocycles. The zero-order valence-corrected chi connectivity index (χ0v) is 15.5. The number of ether oxygens (including phenoxy) is 1. The largest absolute Gasteiger partial charge is 0.497 e. The number of Topliss-reactive ketones (excluding diaryl/α,β-unsaturated/α-hetero) is 1. The van der Waals surface area contributed by atoms with E-state index in [1.54, 1.807) is 14.0 Å². The molecule has 3 aromatic rings. The van der Waals surface area contributed by atoms with E-state index in [0.717, 1.165) is 11.3 Å². The van der Waals surface area contributed by atoms with Crippen LogP contribution in [0.4, 0.5) is 4.39 Å². The number of hydrogen-bond donors (Lipinski definition) is 0. The number of hydrogen-bond acceptors (Lipinski definition) is 5. The van der Waals surface area contributed by atoms with E-state index in [9.17, 15) is 9.18 Å². The SMILES string of the molecule is COc1ccc(-c2nnc(S[C@@H](C)C(=O)c3ccc(F)cc3)n2C)cc1. The zero-order chi connectivity index (χ0) is 18.7. The molecule has 0 aliphatic rings. The number of carbonyl (C=O) groups is 1. The van der Waals surface area contributed by atoms with Crippen molar-refractivity contribution in [3.63, 3.8) is 0 Å². The summed E-state index contributed by atoms with van der Waals surface area (Å²) in [6.45, 7) is 1.80. The molecule has 26 heavy (non-hydrogen) atoms. The highest BCUT2D eigenvalue weighted by atomic mass is 32.2. The molecule has 0 unspecified atom stereocenters. The molecule has 1 atom stereocenters. The van der Waals surface area contributed by atoms with E-state index in [2.05, 4.69) is 10.2 Å². The second-order valence-corrected chi connectivity index (χ2v) is 7.03. The lowest BCUT2D eigenvalue weighted by molar-refractivity contribution is 0.0994. The van der Waals surface area contributed by atoms with Gasteiger partial charge in [0.25, 0.3) is 0 Å². The van der Waals surface area contributed by atoms with Crippen LogP contribution < -0.4 is 4.74 Å². The molecule has 0 radical (unpaired) electrons. The van der Waals surface area contributed by atoms with Gasteiger partial charge in [0.15, 0.2) is 16.8 Å². The van der Waals surface area contributed by atoms with E-state index in [1.165, 1.54) is 36.0 Å². The highest BCUT2D eigenvalue weighted by Gasteiger charge is 2.20. The van der Waals surface area contributed by atoms with Gasteiger partial charge < -0.3 is 9.30 Å². The lowest BCUT2D eigenvalue weighted by Crippen LogP contribution is -2.14. The summed E-state index contributed by atoms with van der Waals surface area (Å²) in [5.74, 6) is 1.03. The van der Waals surface area contributed by atoms with Crippen LogP contribution in [0.15, 0.2) is 53.7 Å². The smallest absolute Gasteiger partial charge is 0.191 e. The van der Waals surface area contributed by atoms with Crippen molar-refractivity contribution in [3.8, 4) is 17.1 Å². The summed E-state index contributed by atoms with van der Waals surface area (Å²) in [5, 5.41) is 8.70. The van der Waals surface area contributed by atoms with Crippen LogP contribution in [-0.4, -0.2) is 32.9 Å². The van der Waals surface area contributed by atoms with Gasteiger partial charge in [0, 0.05) is 18.2 Å². The summed E-state index contributed by atoms with van der Waals surface area (Å²) in [6, 6.07) is 13.1. The van der Waals surface area contributed by atoms with Crippen molar-refractivity contribution >= 4 is 17.5 Å². The molecular formula is C19H18FN3O2S. The average Bonchev–Trinajstić information content (AvgIpc) is 3.02. The molecule has 1 aromatic heterocycles. The van der Waals surface area contributed by atoms with Crippen LogP contribution in [0.2, 0.25) is 0 Å². The third kappa shape index (κ3) is 3.77. The molecule has 0 aliphatic carbocycles. The van der Waals surface area contributed by atoms with Gasteiger partial charge >= 0.3 is 0 Å². The normalized spacial score (nSPS) is 12.0. The Morgan fingerprint density at radius 2 is 1.77 bits per heavy atom. The van der Waals surface area contributed by atoms with Gasteiger partial charge in [-0.05, 0) is 55.5 Å². The number of rotatable bonds is 6. The molecule has 0 fully saturated rings. The Hall–Kier alpha value is -2.67. The van der Waals surface area contributed by atoms with Gasteiger partial charge in [-0.15, -0.1) is 10.2 Å². The van der Waals surface area contributed by atoms with Crippen LogP contribution in [0.3, 0.4) is 0 Å². The maximum Gasteiger partial charge on any atom is 0.191 e. The van der Waals surface area contributed by atoms with Gasteiger partial charge in [0.2, 0.25) is 0 Å². The predicted octanol–water partition coefficient (Wildman–Crippen LogP) is 3.99. The third-order valence-electron chi connectivity index (χ3n) is 3.96. The number of thioether (sulfide) groups is 1. The first-order chi connectivity index (χ1) is 12.5. The van der Waals surface area contributed by atoms with Crippen molar-refractivity contribution in [3.05, 3.63) is 59.9 Å². The molecule has 0 saturated heterocycles. The highest BCUT2D eigenvalue weighted by Crippen LogP contribution is 2.28. The predicted molar refractivity (Wildman–Crippen MR) is 99.0 cm³/mol. The van der Waals surface area contributed by atoms with E-state index >= 15 is 0 Å². The number of carbonyl (C=O) groups excluding carboxylic acids is 1. The molecule has 7 heteroatoms. The topological polar surface area (TPSA) is 57.0 Å². The van der Waals surface area contributed by atoms with Gasteiger partial charge in [-0.1, -0.05) is 11.8 Å². The molecule has 0 bridgehead atoms. The Labute approximate surface area is 155 Å². The summed E-state index contributed by atoms with van der Waals surface area (Å²) in [6.07, 6.45) is 0. The van der Waals surface area contributed by atoms with Crippen LogP contribution in [0, 0.1) is 5.82 Å².